The van der Waals surface area contributed by atoms with Gasteiger partial charge in [0, 0.05) is 25.2 Å². The summed E-state index contributed by atoms with van der Waals surface area (Å²) in [6.45, 7) is 9.52. The highest BCUT2D eigenvalue weighted by Gasteiger charge is 2.31. The van der Waals surface area contributed by atoms with E-state index in [9.17, 15) is 9.59 Å². The largest absolute Gasteiger partial charge is 0.356 e. The third-order valence-corrected chi connectivity index (χ3v) is 5.20. The zero-order chi connectivity index (χ0) is 19.1. The molecule has 4 heteroatoms. The summed E-state index contributed by atoms with van der Waals surface area (Å²) >= 11 is 0. The highest BCUT2D eigenvalue weighted by molar-refractivity contribution is 5.92. The molecule has 1 aliphatic rings. The first-order valence-electron chi connectivity index (χ1n) is 9.76. The van der Waals surface area contributed by atoms with E-state index < -0.39 is 0 Å². The normalized spacial score (nSPS) is 20.4. The van der Waals surface area contributed by atoms with Crippen molar-refractivity contribution < 1.29 is 9.59 Å². The van der Waals surface area contributed by atoms with Crippen molar-refractivity contribution in [3.8, 4) is 0 Å². The molecule has 26 heavy (non-hydrogen) atoms. The molecular weight excluding hydrogens is 324 g/mol. The monoisotopic (exact) mass is 356 g/mol. The lowest BCUT2D eigenvalue weighted by molar-refractivity contribution is -0.134. The first-order chi connectivity index (χ1) is 12.4. The molecule has 0 aliphatic carbocycles. The number of piperidine rings is 1. The second-order valence-electron chi connectivity index (χ2n) is 7.45. The molecule has 0 spiro atoms. The summed E-state index contributed by atoms with van der Waals surface area (Å²) in [5, 5.41) is 3.00. The van der Waals surface area contributed by atoms with Gasteiger partial charge in [-0.3, -0.25) is 9.59 Å². The van der Waals surface area contributed by atoms with Gasteiger partial charge in [0.1, 0.15) is 0 Å². The molecule has 1 N–H and O–H groups in total. The van der Waals surface area contributed by atoms with E-state index in [-0.39, 0.29) is 23.8 Å². The van der Waals surface area contributed by atoms with E-state index in [1.807, 2.05) is 17.0 Å². The smallest absolute Gasteiger partial charge is 0.246 e. The van der Waals surface area contributed by atoms with Crippen molar-refractivity contribution in [1.82, 2.24) is 10.2 Å². The predicted octanol–water partition coefficient (Wildman–Crippen LogP) is 3.86. The molecule has 4 nitrogen and oxygen atoms in total. The van der Waals surface area contributed by atoms with Gasteiger partial charge in [0.25, 0.3) is 0 Å². The summed E-state index contributed by atoms with van der Waals surface area (Å²) in [7, 11) is 0. The summed E-state index contributed by atoms with van der Waals surface area (Å²) in [5.41, 5.74) is 3.43. The number of benzene rings is 1. The summed E-state index contributed by atoms with van der Waals surface area (Å²) in [6, 6.07) is 6.38. The first-order valence-corrected chi connectivity index (χ1v) is 9.76. The zero-order valence-electron chi connectivity index (χ0n) is 16.5. The van der Waals surface area contributed by atoms with Crippen molar-refractivity contribution >= 4 is 17.9 Å². The van der Waals surface area contributed by atoms with Crippen LogP contribution in [0.4, 0.5) is 0 Å². The van der Waals surface area contributed by atoms with E-state index in [1.54, 1.807) is 6.08 Å². The number of carbonyl (C=O) groups is 2. The molecule has 1 aliphatic heterocycles. The molecule has 0 bridgehead atoms. The zero-order valence-corrected chi connectivity index (χ0v) is 16.5. The number of aryl methyl sites for hydroxylation is 2. The lowest BCUT2D eigenvalue weighted by Gasteiger charge is -2.36. The SMILES string of the molecule is CCCCNC(=O)C1CCC(C)N(C(=O)/C=C/c2ccc(C)cc2C)C1. The topological polar surface area (TPSA) is 49.4 Å². The van der Waals surface area contributed by atoms with Crippen molar-refractivity contribution in [1.29, 1.82) is 0 Å². The van der Waals surface area contributed by atoms with Gasteiger partial charge in [-0.15, -0.1) is 0 Å². The van der Waals surface area contributed by atoms with E-state index in [0.29, 0.717) is 6.54 Å². The average molecular weight is 357 g/mol. The molecule has 1 aromatic carbocycles. The molecule has 2 atom stereocenters. The van der Waals surface area contributed by atoms with Gasteiger partial charge >= 0.3 is 0 Å². The lowest BCUT2D eigenvalue weighted by Crippen LogP contribution is -2.49. The van der Waals surface area contributed by atoms with E-state index in [0.717, 1.165) is 43.4 Å². The highest BCUT2D eigenvalue weighted by atomic mass is 16.2. The van der Waals surface area contributed by atoms with Gasteiger partial charge in [-0.2, -0.15) is 0 Å². The molecule has 1 saturated heterocycles. The second kappa shape index (κ2) is 9.56. The molecule has 0 saturated carbocycles. The molecule has 0 radical (unpaired) electrons. The van der Waals surface area contributed by atoms with Crippen LogP contribution in [0.3, 0.4) is 0 Å². The number of nitrogens with zero attached hydrogens (tertiary/aromatic N) is 1. The first kappa shape index (κ1) is 20.2. The van der Waals surface area contributed by atoms with Crippen molar-refractivity contribution in [2.45, 2.75) is 59.4 Å². The quantitative estimate of drug-likeness (QED) is 0.621. The Hall–Kier alpha value is -2.10. The number of hydrogen-bond donors (Lipinski definition) is 1. The summed E-state index contributed by atoms with van der Waals surface area (Å²) in [6.07, 6.45) is 7.31. The Kier molecular flexibility index (Phi) is 7.43. The van der Waals surface area contributed by atoms with Crippen LogP contribution in [0.5, 0.6) is 0 Å². The van der Waals surface area contributed by atoms with E-state index in [1.165, 1.54) is 5.56 Å². The summed E-state index contributed by atoms with van der Waals surface area (Å²) in [5.74, 6) is -0.0217. The Balaban J connectivity index is 1.99. The number of amides is 2. The van der Waals surface area contributed by atoms with E-state index in [2.05, 4.69) is 45.1 Å². The van der Waals surface area contributed by atoms with Gasteiger partial charge < -0.3 is 10.2 Å². The van der Waals surface area contributed by atoms with Crippen molar-refractivity contribution in [2.75, 3.05) is 13.1 Å². The van der Waals surface area contributed by atoms with Crippen LogP contribution in [0.2, 0.25) is 0 Å². The molecule has 142 valence electrons. The molecule has 1 fully saturated rings. The third-order valence-electron chi connectivity index (χ3n) is 5.20. The maximum atomic E-state index is 12.7. The lowest BCUT2D eigenvalue weighted by atomic mass is 9.92. The average Bonchev–Trinajstić information content (AvgIpc) is 2.61. The molecule has 1 heterocycles. The minimum Gasteiger partial charge on any atom is -0.356 e. The number of carbonyl (C=O) groups excluding carboxylic acids is 2. The molecule has 2 unspecified atom stereocenters. The Labute approximate surface area is 157 Å². The van der Waals surface area contributed by atoms with Gasteiger partial charge in [-0.1, -0.05) is 37.1 Å². The van der Waals surface area contributed by atoms with Crippen LogP contribution < -0.4 is 5.32 Å². The maximum absolute atomic E-state index is 12.7. The van der Waals surface area contributed by atoms with Crippen LogP contribution in [0.1, 0.15) is 56.2 Å². The number of rotatable bonds is 6. The van der Waals surface area contributed by atoms with Crippen LogP contribution in [0.15, 0.2) is 24.3 Å². The summed E-state index contributed by atoms with van der Waals surface area (Å²) in [4.78, 5) is 26.9. The van der Waals surface area contributed by atoms with Crippen molar-refractivity contribution in [3.63, 3.8) is 0 Å². The van der Waals surface area contributed by atoms with Crippen LogP contribution in [-0.2, 0) is 9.59 Å². The van der Waals surface area contributed by atoms with Gasteiger partial charge in [0.2, 0.25) is 11.8 Å². The standard InChI is InChI=1S/C22H32N2O2/c1-5-6-13-23-22(26)20-10-8-18(4)24(15-20)21(25)12-11-19-9-7-16(2)14-17(19)3/h7,9,11-12,14,18,20H,5-6,8,10,13,15H2,1-4H3,(H,23,26)/b12-11+. The van der Waals surface area contributed by atoms with Gasteiger partial charge in [0.15, 0.2) is 0 Å². The van der Waals surface area contributed by atoms with Crippen molar-refractivity contribution in [3.05, 3.63) is 41.0 Å². The molecule has 0 aromatic heterocycles. The van der Waals surface area contributed by atoms with Gasteiger partial charge in [0.05, 0.1) is 5.92 Å². The minimum atomic E-state index is -0.0958. The van der Waals surface area contributed by atoms with E-state index in [4.69, 9.17) is 0 Å². The second-order valence-corrected chi connectivity index (χ2v) is 7.45. The van der Waals surface area contributed by atoms with Crippen LogP contribution >= 0.6 is 0 Å². The minimum absolute atomic E-state index is 0.0106. The number of likely N-dealkylation sites (tertiary alicyclic amines) is 1. The molecule has 2 amide bonds. The fraction of sp³-hybridized carbons (Fsp3) is 0.545. The Morgan fingerprint density at radius 1 is 1.27 bits per heavy atom. The van der Waals surface area contributed by atoms with E-state index >= 15 is 0 Å². The Morgan fingerprint density at radius 2 is 2.04 bits per heavy atom. The maximum Gasteiger partial charge on any atom is 0.246 e. The van der Waals surface area contributed by atoms with Crippen LogP contribution in [0.25, 0.3) is 6.08 Å². The van der Waals surface area contributed by atoms with Gasteiger partial charge in [-0.25, -0.2) is 0 Å². The Bertz CT molecular complexity index is 666. The molecular formula is C22H32N2O2. The Morgan fingerprint density at radius 3 is 2.73 bits per heavy atom. The third kappa shape index (κ3) is 5.45. The fourth-order valence-corrected chi connectivity index (χ4v) is 3.43. The van der Waals surface area contributed by atoms with Crippen molar-refractivity contribution in [2.24, 2.45) is 5.92 Å². The van der Waals surface area contributed by atoms with Crippen LogP contribution in [-0.4, -0.2) is 35.8 Å². The fourth-order valence-electron chi connectivity index (χ4n) is 3.43. The number of unbranched alkanes of at least 4 members (excludes halogenated alkanes) is 1. The highest BCUT2D eigenvalue weighted by Crippen LogP contribution is 2.23. The number of nitrogens with one attached hydrogen (secondary N) is 1. The molecule has 1 aromatic rings. The molecule has 2 rings (SSSR count). The van der Waals surface area contributed by atoms with Crippen LogP contribution in [0, 0.1) is 19.8 Å². The predicted molar refractivity (Wildman–Crippen MR) is 107 cm³/mol. The summed E-state index contributed by atoms with van der Waals surface area (Å²) < 4.78 is 0. The van der Waals surface area contributed by atoms with Gasteiger partial charge in [-0.05, 0) is 57.2 Å². The number of hydrogen-bond acceptors (Lipinski definition) is 2.